The maximum absolute atomic E-state index is 12.0. The first-order valence-electron chi connectivity index (χ1n) is 6.01. The summed E-state index contributed by atoms with van der Waals surface area (Å²) in [6.45, 7) is 1.88. The number of ether oxygens (including phenoxy) is 1. The maximum Gasteiger partial charge on any atom is 0.342 e. The predicted molar refractivity (Wildman–Crippen MR) is 71.8 cm³/mol. The SMILES string of the molecule is CN1CCC(OC(=O)c2c(N)cccc2Cl)CC1. The second-order valence-corrected chi connectivity index (χ2v) is 5.02. The molecule has 98 valence electrons. The number of rotatable bonds is 2. The van der Waals surface area contributed by atoms with Crippen LogP contribution in [0.3, 0.4) is 0 Å². The fourth-order valence-corrected chi connectivity index (χ4v) is 2.33. The molecular weight excluding hydrogens is 252 g/mol. The first kappa shape index (κ1) is 13.2. The lowest BCUT2D eigenvalue weighted by molar-refractivity contribution is 0.0141. The van der Waals surface area contributed by atoms with Gasteiger partial charge in [-0.2, -0.15) is 0 Å². The van der Waals surface area contributed by atoms with E-state index in [1.54, 1.807) is 18.2 Å². The Kier molecular flexibility index (Phi) is 4.09. The van der Waals surface area contributed by atoms with Gasteiger partial charge in [-0.15, -0.1) is 0 Å². The summed E-state index contributed by atoms with van der Waals surface area (Å²) in [4.78, 5) is 14.3. The third kappa shape index (κ3) is 2.94. The minimum absolute atomic E-state index is 0.0376. The largest absolute Gasteiger partial charge is 0.459 e. The van der Waals surface area contributed by atoms with Crippen molar-refractivity contribution < 1.29 is 9.53 Å². The number of likely N-dealkylation sites (tertiary alicyclic amines) is 1. The van der Waals surface area contributed by atoms with E-state index in [4.69, 9.17) is 22.1 Å². The topological polar surface area (TPSA) is 55.6 Å². The number of anilines is 1. The zero-order chi connectivity index (χ0) is 13.1. The van der Waals surface area contributed by atoms with Gasteiger partial charge in [-0.1, -0.05) is 17.7 Å². The molecule has 0 spiro atoms. The Morgan fingerprint density at radius 3 is 2.72 bits per heavy atom. The fourth-order valence-electron chi connectivity index (χ4n) is 2.07. The van der Waals surface area contributed by atoms with Crippen molar-refractivity contribution in [3.63, 3.8) is 0 Å². The molecule has 5 heteroatoms. The van der Waals surface area contributed by atoms with Crippen LogP contribution >= 0.6 is 11.6 Å². The number of benzene rings is 1. The van der Waals surface area contributed by atoms with Crippen molar-refractivity contribution in [2.24, 2.45) is 0 Å². The lowest BCUT2D eigenvalue weighted by Crippen LogP contribution is -2.35. The number of nitrogens with zero attached hydrogens (tertiary/aromatic N) is 1. The molecule has 1 aliphatic heterocycles. The Hall–Kier alpha value is -1.26. The average Bonchev–Trinajstić information content (AvgIpc) is 2.32. The van der Waals surface area contributed by atoms with Crippen LogP contribution in [-0.4, -0.2) is 37.1 Å². The van der Waals surface area contributed by atoms with Gasteiger partial charge < -0.3 is 15.4 Å². The molecule has 0 aromatic heterocycles. The van der Waals surface area contributed by atoms with E-state index < -0.39 is 5.97 Å². The third-order valence-corrected chi connectivity index (χ3v) is 3.50. The van der Waals surface area contributed by atoms with E-state index in [0.717, 1.165) is 25.9 Å². The molecule has 4 nitrogen and oxygen atoms in total. The van der Waals surface area contributed by atoms with Crippen LogP contribution in [0.5, 0.6) is 0 Å². The first-order valence-corrected chi connectivity index (χ1v) is 6.39. The molecule has 0 atom stereocenters. The number of nitrogen functional groups attached to an aromatic ring is 1. The molecule has 18 heavy (non-hydrogen) atoms. The van der Waals surface area contributed by atoms with Crippen LogP contribution in [0.4, 0.5) is 5.69 Å². The third-order valence-electron chi connectivity index (χ3n) is 3.19. The highest BCUT2D eigenvalue weighted by atomic mass is 35.5. The van der Waals surface area contributed by atoms with Crippen molar-refractivity contribution in [3.8, 4) is 0 Å². The van der Waals surface area contributed by atoms with Gasteiger partial charge in [0.15, 0.2) is 0 Å². The van der Waals surface area contributed by atoms with Crippen molar-refractivity contribution in [1.29, 1.82) is 0 Å². The van der Waals surface area contributed by atoms with E-state index in [9.17, 15) is 4.79 Å². The molecule has 1 heterocycles. The number of hydrogen-bond acceptors (Lipinski definition) is 4. The van der Waals surface area contributed by atoms with Gasteiger partial charge in [-0.05, 0) is 32.0 Å². The van der Waals surface area contributed by atoms with E-state index in [1.807, 2.05) is 0 Å². The quantitative estimate of drug-likeness (QED) is 0.660. The molecule has 2 N–H and O–H groups in total. The zero-order valence-electron chi connectivity index (χ0n) is 10.4. The van der Waals surface area contributed by atoms with Gasteiger partial charge in [0.05, 0.1) is 5.02 Å². The molecule has 0 bridgehead atoms. The number of carbonyl (C=O) groups excluding carboxylic acids is 1. The van der Waals surface area contributed by atoms with Crippen LogP contribution in [0.2, 0.25) is 5.02 Å². The van der Waals surface area contributed by atoms with E-state index in [1.165, 1.54) is 0 Å². The van der Waals surface area contributed by atoms with Gasteiger partial charge in [-0.3, -0.25) is 0 Å². The Labute approximate surface area is 112 Å². The summed E-state index contributed by atoms with van der Waals surface area (Å²) in [6.07, 6.45) is 1.67. The minimum Gasteiger partial charge on any atom is -0.459 e. The summed E-state index contributed by atoms with van der Waals surface area (Å²) in [5.41, 5.74) is 6.39. The summed E-state index contributed by atoms with van der Waals surface area (Å²) >= 11 is 5.98. The Morgan fingerprint density at radius 2 is 2.11 bits per heavy atom. The molecule has 0 aliphatic carbocycles. The molecule has 1 saturated heterocycles. The Bertz CT molecular complexity index is 422. The van der Waals surface area contributed by atoms with E-state index in [0.29, 0.717) is 10.7 Å². The zero-order valence-corrected chi connectivity index (χ0v) is 11.1. The number of nitrogens with two attached hydrogens (primary N) is 1. The predicted octanol–water partition coefficient (Wildman–Crippen LogP) is 2.17. The van der Waals surface area contributed by atoms with Crippen molar-refractivity contribution in [2.75, 3.05) is 25.9 Å². The number of hydrogen-bond donors (Lipinski definition) is 1. The normalized spacial score (nSPS) is 17.7. The molecule has 1 aromatic carbocycles. The van der Waals surface area contributed by atoms with Crippen LogP contribution in [0.1, 0.15) is 23.2 Å². The second kappa shape index (κ2) is 5.59. The first-order chi connectivity index (χ1) is 8.58. The molecule has 0 radical (unpaired) electrons. The summed E-state index contributed by atoms with van der Waals surface area (Å²) in [5, 5.41) is 0.341. The molecule has 2 rings (SSSR count). The monoisotopic (exact) mass is 268 g/mol. The van der Waals surface area contributed by atoms with Crippen LogP contribution in [0, 0.1) is 0 Å². The molecule has 1 fully saturated rings. The van der Waals surface area contributed by atoms with Crippen molar-refractivity contribution in [1.82, 2.24) is 4.90 Å². The van der Waals surface area contributed by atoms with Gasteiger partial charge in [0, 0.05) is 18.8 Å². The number of carbonyl (C=O) groups is 1. The Balaban J connectivity index is 2.04. The van der Waals surface area contributed by atoms with E-state index in [2.05, 4.69) is 11.9 Å². The van der Waals surface area contributed by atoms with Gasteiger partial charge in [0.1, 0.15) is 11.7 Å². The molecule has 0 unspecified atom stereocenters. The highest BCUT2D eigenvalue weighted by molar-refractivity contribution is 6.34. The van der Waals surface area contributed by atoms with Gasteiger partial charge in [0.2, 0.25) is 0 Å². The number of halogens is 1. The van der Waals surface area contributed by atoms with Gasteiger partial charge in [0.25, 0.3) is 0 Å². The second-order valence-electron chi connectivity index (χ2n) is 4.61. The van der Waals surface area contributed by atoms with Crippen molar-refractivity contribution >= 4 is 23.3 Å². The van der Waals surface area contributed by atoms with Crippen LogP contribution in [0.15, 0.2) is 18.2 Å². The highest BCUT2D eigenvalue weighted by Crippen LogP contribution is 2.24. The van der Waals surface area contributed by atoms with Crippen molar-refractivity contribution in [2.45, 2.75) is 18.9 Å². The summed E-state index contributed by atoms with van der Waals surface area (Å²) < 4.78 is 5.46. The Morgan fingerprint density at radius 1 is 1.44 bits per heavy atom. The maximum atomic E-state index is 12.0. The summed E-state index contributed by atoms with van der Waals surface area (Å²) in [5.74, 6) is -0.423. The lowest BCUT2D eigenvalue weighted by Gasteiger charge is -2.28. The van der Waals surface area contributed by atoms with Crippen LogP contribution < -0.4 is 5.73 Å². The van der Waals surface area contributed by atoms with E-state index >= 15 is 0 Å². The summed E-state index contributed by atoms with van der Waals surface area (Å²) in [7, 11) is 2.06. The van der Waals surface area contributed by atoms with Crippen LogP contribution in [-0.2, 0) is 4.74 Å². The smallest absolute Gasteiger partial charge is 0.342 e. The highest BCUT2D eigenvalue weighted by Gasteiger charge is 2.23. The van der Waals surface area contributed by atoms with Gasteiger partial charge >= 0.3 is 5.97 Å². The van der Waals surface area contributed by atoms with Crippen LogP contribution in [0.25, 0.3) is 0 Å². The van der Waals surface area contributed by atoms with Crippen molar-refractivity contribution in [3.05, 3.63) is 28.8 Å². The summed E-state index contributed by atoms with van der Waals surface area (Å²) in [6, 6.07) is 5.00. The molecule has 0 saturated carbocycles. The van der Waals surface area contributed by atoms with E-state index in [-0.39, 0.29) is 11.7 Å². The number of esters is 1. The van der Waals surface area contributed by atoms with Gasteiger partial charge in [-0.25, -0.2) is 4.79 Å². The lowest BCUT2D eigenvalue weighted by atomic mass is 10.1. The molecule has 1 aliphatic rings. The fraction of sp³-hybridized carbons (Fsp3) is 0.462. The molecular formula is C13H17ClN2O2. The average molecular weight is 269 g/mol. The standard InChI is InChI=1S/C13H17ClN2O2/c1-16-7-5-9(6-8-16)18-13(17)12-10(14)3-2-4-11(12)15/h2-4,9H,5-8,15H2,1H3. The molecule has 1 aromatic rings. The number of piperidine rings is 1. The molecule has 0 amide bonds. The minimum atomic E-state index is -0.423.